The van der Waals surface area contributed by atoms with E-state index in [1.54, 1.807) is 14.0 Å². The summed E-state index contributed by atoms with van der Waals surface area (Å²) in [5.41, 5.74) is 9.45. The summed E-state index contributed by atoms with van der Waals surface area (Å²) < 4.78 is 5.49. The molecule has 1 aliphatic rings. The number of carbonyl (C=O) groups excluding carboxylic acids is 1. The van der Waals surface area contributed by atoms with Gasteiger partial charge in [-0.3, -0.25) is 9.69 Å². The number of carbonyl (C=O) groups is 1. The molecule has 5 nitrogen and oxygen atoms in total. The average molecular weight is 555 g/mol. The molecule has 7 heteroatoms. The number of halogens is 2. The fourth-order valence-corrected chi connectivity index (χ4v) is 6.05. The summed E-state index contributed by atoms with van der Waals surface area (Å²) in [5.74, 6) is 0.989. The molecule has 0 aromatic heterocycles. The first-order valence-corrected chi connectivity index (χ1v) is 14.0. The minimum Gasteiger partial charge on any atom is -0.497 e. The molecule has 0 saturated carbocycles. The van der Waals surface area contributed by atoms with Crippen molar-refractivity contribution in [3.63, 3.8) is 0 Å². The van der Waals surface area contributed by atoms with E-state index < -0.39 is 0 Å². The maximum Gasteiger partial charge on any atom is 0.217 e. The first-order chi connectivity index (χ1) is 18.3. The van der Waals surface area contributed by atoms with Crippen molar-refractivity contribution in [1.29, 1.82) is 0 Å². The summed E-state index contributed by atoms with van der Waals surface area (Å²) in [7, 11) is 1.70. The Balaban J connectivity index is 1.59. The van der Waals surface area contributed by atoms with E-state index in [1.165, 1.54) is 5.56 Å². The van der Waals surface area contributed by atoms with E-state index in [0.717, 1.165) is 55.6 Å². The second-order valence-electron chi connectivity index (χ2n) is 10.2. The Bertz CT molecular complexity index is 1210. The van der Waals surface area contributed by atoms with Crippen LogP contribution < -0.4 is 15.8 Å². The van der Waals surface area contributed by atoms with Crippen LogP contribution in [0, 0.1) is 0 Å². The van der Waals surface area contributed by atoms with Crippen molar-refractivity contribution in [3.8, 4) is 5.75 Å². The predicted molar refractivity (Wildman–Crippen MR) is 156 cm³/mol. The highest BCUT2D eigenvalue weighted by Gasteiger charge is 2.39. The lowest BCUT2D eigenvalue weighted by atomic mass is 9.79. The molecule has 38 heavy (non-hydrogen) atoms. The van der Waals surface area contributed by atoms with Gasteiger partial charge in [-0.05, 0) is 79.1 Å². The van der Waals surface area contributed by atoms with Gasteiger partial charge in [0.2, 0.25) is 5.91 Å². The number of benzene rings is 3. The monoisotopic (exact) mass is 553 g/mol. The second kappa shape index (κ2) is 13.0. The Kier molecular flexibility index (Phi) is 9.72. The van der Waals surface area contributed by atoms with Gasteiger partial charge in [-0.1, -0.05) is 71.7 Å². The maximum atomic E-state index is 12.2. The van der Waals surface area contributed by atoms with Crippen LogP contribution >= 0.6 is 23.2 Å². The third-order valence-corrected chi connectivity index (χ3v) is 8.51. The molecule has 202 valence electrons. The second-order valence-corrected chi connectivity index (χ2v) is 11.0. The number of nitrogens with one attached hydrogen (secondary N) is 1. The van der Waals surface area contributed by atoms with Gasteiger partial charge in [0.15, 0.2) is 0 Å². The molecule has 0 aliphatic carbocycles. The van der Waals surface area contributed by atoms with Gasteiger partial charge in [-0.25, -0.2) is 0 Å². The average Bonchev–Trinajstić information content (AvgIpc) is 2.93. The Labute approximate surface area is 236 Å². The van der Waals surface area contributed by atoms with Crippen LogP contribution in [0.15, 0.2) is 72.8 Å². The molecule has 0 radical (unpaired) electrons. The number of nitrogens with two attached hydrogens (primary N) is 1. The number of nitrogens with zero attached hydrogens (tertiary/aromatic N) is 1. The summed E-state index contributed by atoms with van der Waals surface area (Å²) in [4.78, 5) is 14.8. The zero-order valence-electron chi connectivity index (χ0n) is 22.1. The lowest BCUT2D eigenvalue weighted by molar-refractivity contribution is -0.121. The molecule has 1 saturated heterocycles. The molecule has 3 aromatic rings. The minimum absolute atomic E-state index is 0.00181. The third kappa shape index (κ3) is 6.89. The van der Waals surface area contributed by atoms with Crippen LogP contribution in [0.4, 0.5) is 0 Å². The van der Waals surface area contributed by atoms with E-state index in [4.69, 9.17) is 33.7 Å². The molecule has 2 unspecified atom stereocenters. The molecule has 1 amide bonds. The van der Waals surface area contributed by atoms with Crippen LogP contribution in [0.1, 0.15) is 48.8 Å². The molecule has 3 N–H and O–H groups in total. The normalized spacial score (nSPS) is 17.0. The standard InChI is InChI=1S/C31H37Cl2N3O2/c1-22(37)35-31(26-8-4-3-5-9-26)13-15-36(16-14-31)27(17-23-7-6-10-28(18-23)38-2)19-25(21-34)24-11-12-29(32)30(33)20-24/h3-12,18,20,25,27H,13-17,19,21,34H2,1-2H3,(H,35,37). The lowest BCUT2D eigenvalue weighted by Crippen LogP contribution is -2.55. The fraction of sp³-hybridized carbons (Fsp3) is 0.387. The van der Waals surface area contributed by atoms with Crippen molar-refractivity contribution in [1.82, 2.24) is 10.2 Å². The topological polar surface area (TPSA) is 67.6 Å². The summed E-state index contributed by atoms with van der Waals surface area (Å²) >= 11 is 12.6. The molecular weight excluding hydrogens is 517 g/mol. The summed E-state index contributed by atoms with van der Waals surface area (Å²) in [6.07, 6.45) is 3.42. The van der Waals surface area contributed by atoms with E-state index in [9.17, 15) is 4.79 Å². The van der Waals surface area contributed by atoms with Gasteiger partial charge in [0.05, 0.1) is 22.7 Å². The Morgan fingerprint density at radius 3 is 2.39 bits per heavy atom. The fourth-order valence-electron chi connectivity index (χ4n) is 5.75. The Morgan fingerprint density at radius 1 is 1.03 bits per heavy atom. The van der Waals surface area contributed by atoms with Crippen LogP contribution in [0.5, 0.6) is 5.75 Å². The van der Waals surface area contributed by atoms with Gasteiger partial charge in [-0.2, -0.15) is 0 Å². The van der Waals surface area contributed by atoms with E-state index in [-0.39, 0.29) is 23.4 Å². The van der Waals surface area contributed by atoms with E-state index in [0.29, 0.717) is 16.6 Å². The number of hydrogen-bond donors (Lipinski definition) is 2. The van der Waals surface area contributed by atoms with Crippen LogP contribution in [0.2, 0.25) is 10.0 Å². The smallest absolute Gasteiger partial charge is 0.217 e. The number of piperidine rings is 1. The van der Waals surface area contributed by atoms with Crippen LogP contribution in [0.25, 0.3) is 0 Å². The SMILES string of the molecule is COc1cccc(CC(CC(CN)c2ccc(Cl)c(Cl)c2)N2CCC(NC(C)=O)(c3ccccc3)CC2)c1. The van der Waals surface area contributed by atoms with Crippen molar-refractivity contribution < 1.29 is 9.53 Å². The number of hydrogen-bond acceptors (Lipinski definition) is 4. The van der Waals surface area contributed by atoms with Gasteiger partial charge < -0.3 is 15.8 Å². The molecule has 4 rings (SSSR count). The highest BCUT2D eigenvalue weighted by Crippen LogP contribution is 2.36. The molecular formula is C31H37Cl2N3O2. The van der Waals surface area contributed by atoms with Gasteiger partial charge in [-0.15, -0.1) is 0 Å². The zero-order valence-corrected chi connectivity index (χ0v) is 23.6. The molecule has 1 aliphatic heterocycles. The van der Waals surface area contributed by atoms with E-state index in [2.05, 4.69) is 34.5 Å². The van der Waals surface area contributed by atoms with Crippen LogP contribution in [-0.4, -0.2) is 43.6 Å². The minimum atomic E-state index is -0.360. The largest absolute Gasteiger partial charge is 0.497 e. The molecule has 2 atom stereocenters. The van der Waals surface area contributed by atoms with E-state index in [1.807, 2.05) is 48.5 Å². The Hall–Kier alpha value is -2.57. The molecule has 0 spiro atoms. The van der Waals surface area contributed by atoms with Crippen LogP contribution in [-0.2, 0) is 16.8 Å². The van der Waals surface area contributed by atoms with Crippen molar-refractivity contribution in [2.75, 3.05) is 26.7 Å². The van der Waals surface area contributed by atoms with Gasteiger partial charge in [0, 0.05) is 26.1 Å². The highest BCUT2D eigenvalue weighted by molar-refractivity contribution is 6.42. The number of rotatable bonds is 10. The van der Waals surface area contributed by atoms with Gasteiger partial charge in [0.25, 0.3) is 0 Å². The highest BCUT2D eigenvalue weighted by atomic mass is 35.5. The predicted octanol–water partition coefficient (Wildman–Crippen LogP) is 6.17. The molecule has 0 bridgehead atoms. The molecule has 1 heterocycles. The van der Waals surface area contributed by atoms with Crippen LogP contribution in [0.3, 0.4) is 0 Å². The molecule has 3 aromatic carbocycles. The van der Waals surface area contributed by atoms with Crippen molar-refractivity contribution in [2.24, 2.45) is 5.73 Å². The molecule has 1 fully saturated rings. The summed E-state index contributed by atoms with van der Waals surface area (Å²) in [6.45, 7) is 3.84. The number of likely N-dealkylation sites (tertiary alicyclic amines) is 1. The van der Waals surface area contributed by atoms with E-state index >= 15 is 0 Å². The van der Waals surface area contributed by atoms with Crippen molar-refractivity contribution in [3.05, 3.63) is 99.5 Å². The quantitative estimate of drug-likeness (QED) is 0.315. The summed E-state index contributed by atoms with van der Waals surface area (Å²) in [6, 6.07) is 24.7. The van der Waals surface area contributed by atoms with Crippen molar-refractivity contribution in [2.45, 2.75) is 50.1 Å². The van der Waals surface area contributed by atoms with Gasteiger partial charge >= 0.3 is 0 Å². The first kappa shape index (κ1) is 28.4. The third-order valence-electron chi connectivity index (χ3n) is 7.77. The number of methoxy groups -OCH3 is 1. The van der Waals surface area contributed by atoms with Gasteiger partial charge in [0.1, 0.15) is 5.75 Å². The van der Waals surface area contributed by atoms with Crippen molar-refractivity contribution >= 4 is 29.1 Å². The first-order valence-electron chi connectivity index (χ1n) is 13.2. The summed E-state index contributed by atoms with van der Waals surface area (Å²) in [5, 5.41) is 4.39. The number of amides is 1. The Morgan fingerprint density at radius 2 is 1.76 bits per heavy atom. The maximum absolute atomic E-state index is 12.2. The number of ether oxygens (including phenoxy) is 1. The zero-order chi connectivity index (χ0) is 27.1. The lowest BCUT2D eigenvalue weighted by Gasteiger charge is -2.46.